The van der Waals surface area contributed by atoms with E-state index in [4.69, 9.17) is 9.40 Å². The van der Waals surface area contributed by atoms with E-state index in [0.717, 1.165) is 43.2 Å². The minimum atomic E-state index is -0.171. The second-order valence-corrected chi connectivity index (χ2v) is 8.80. The monoisotopic (exact) mass is 508 g/mol. The van der Waals surface area contributed by atoms with Gasteiger partial charge in [0.15, 0.2) is 5.58 Å². The molecule has 6 rings (SSSR count). The molecule has 0 atom stereocenters. The minimum Gasteiger partial charge on any atom is -0.436 e. The van der Waals surface area contributed by atoms with Gasteiger partial charge < -0.3 is 9.73 Å². The van der Waals surface area contributed by atoms with Crippen LogP contribution >= 0.6 is 15.9 Å². The van der Waals surface area contributed by atoms with E-state index in [1.165, 1.54) is 0 Å². The fourth-order valence-electron chi connectivity index (χ4n) is 3.95. The molecule has 6 nitrogen and oxygen atoms in total. The van der Waals surface area contributed by atoms with Gasteiger partial charge in [-0.2, -0.15) is 5.10 Å². The van der Waals surface area contributed by atoms with Crippen molar-refractivity contribution in [3.63, 3.8) is 0 Å². The number of nitrogens with one attached hydrogen (secondary N) is 2. The van der Waals surface area contributed by atoms with Crippen LogP contribution in [0, 0.1) is 0 Å². The first-order chi connectivity index (χ1) is 16.6. The lowest BCUT2D eigenvalue weighted by atomic mass is 10.1. The van der Waals surface area contributed by atoms with Crippen LogP contribution in [0.3, 0.4) is 0 Å². The highest BCUT2D eigenvalue weighted by molar-refractivity contribution is 9.10. The number of carbonyl (C=O) groups is 1. The average Bonchev–Trinajstić information content (AvgIpc) is 3.50. The van der Waals surface area contributed by atoms with Gasteiger partial charge >= 0.3 is 0 Å². The van der Waals surface area contributed by atoms with Crippen molar-refractivity contribution < 1.29 is 9.21 Å². The summed E-state index contributed by atoms with van der Waals surface area (Å²) in [7, 11) is 0. The molecule has 0 saturated carbocycles. The van der Waals surface area contributed by atoms with Crippen molar-refractivity contribution in [3.8, 4) is 22.7 Å². The zero-order chi connectivity index (χ0) is 23.1. The molecule has 0 aliphatic carbocycles. The summed E-state index contributed by atoms with van der Waals surface area (Å²) in [5.74, 6) is 0.330. The fraction of sp³-hybridized carbons (Fsp3) is 0. The summed E-state index contributed by atoms with van der Waals surface area (Å²) >= 11 is 3.39. The number of hydrogen-bond donors (Lipinski definition) is 2. The number of oxazole rings is 1. The maximum absolute atomic E-state index is 12.5. The van der Waals surface area contributed by atoms with Gasteiger partial charge in [0.05, 0.1) is 17.5 Å². The van der Waals surface area contributed by atoms with Gasteiger partial charge in [0.25, 0.3) is 5.91 Å². The predicted octanol–water partition coefficient (Wildman–Crippen LogP) is 7.05. The van der Waals surface area contributed by atoms with Crippen molar-refractivity contribution in [2.75, 3.05) is 5.32 Å². The number of H-pyrrole nitrogens is 1. The van der Waals surface area contributed by atoms with E-state index >= 15 is 0 Å². The number of amides is 1. The summed E-state index contributed by atoms with van der Waals surface area (Å²) in [6, 6.07) is 27.0. The second kappa shape index (κ2) is 8.28. The Bertz CT molecular complexity index is 1620. The number of fused-ring (bicyclic) bond motifs is 2. The van der Waals surface area contributed by atoms with Crippen molar-refractivity contribution >= 4 is 49.4 Å². The molecule has 0 aliphatic rings. The van der Waals surface area contributed by atoms with E-state index in [0.29, 0.717) is 17.1 Å². The van der Waals surface area contributed by atoms with E-state index < -0.39 is 0 Å². The molecule has 6 aromatic rings. The number of nitrogens with zero attached hydrogens (tertiary/aromatic N) is 2. The first kappa shape index (κ1) is 20.4. The Kier molecular flexibility index (Phi) is 4.96. The van der Waals surface area contributed by atoms with Crippen molar-refractivity contribution in [2.24, 2.45) is 0 Å². The molecule has 0 radical (unpaired) electrons. The SMILES string of the molecule is O=C(Nc1ccc(-c2[nH]ncc2-c2nc3cc4ccccc4cc3o2)cc1)c1cccc(Br)c1. The Morgan fingerprint density at radius 1 is 0.912 bits per heavy atom. The highest BCUT2D eigenvalue weighted by atomic mass is 79.9. The Hall–Kier alpha value is -4.23. The number of aromatic nitrogens is 3. The molecule has 0 aliphatic heterocycles. The molecular weight excluding hydrogens is 492 g/mol. The van der Waals surface area contributed by atoms with Crippen molar-refractivity contribution in [1.29, 1.82) is 0 Å². The smallest absolute Gasteiger partial charge is 0.255 e. The summed E-state index contributed by atoms with van der Waals surface area (Å²) in [5, 5.41) is 12.4. The van der Waals surface area contributed by atoms with Gasteiger partial charge in [0, 0.05) is 21.3 Å². The molecule has 2 heterocycles. The number of carbonyl (C=O) groups excluding carboxylic acids is 1. The van der Waals surface area contributed by atoms with Crippen LogP contribution < -0.4 is 5.32 Å². The van der Waals surface area contributed by atoms with Crippen molar-refractivity contribution in [1.82, 2.24) is 15.2 Å². The fourth-order valence-corrected chi connectivity index (χ4v) is 4.35. The third kappa shape index (κ3) is 3.76. The molecule has 0 unspecified atom stereocenters. The highest BCUT2D eigenvalue weighted by Crippen LogP contribution is 2.33. The summed E-state index contributed by atoms with van der Waals surface area (Å²) in [6.45, 7) is 0. The molecule has 2 aromatic heterocycles. The molecule has 1 amide bonds. The van der Waals surface area contributed by atoms with E-state index in [9.17, 15) is 4.79 Å². The Morgan fingerprint density at radius 2 is 1.71 bits per heavy atom. The van der Waals surface area contributed by atoms with Gasteiger partial charge in [-0.1, -0.05) is 58.4 Å². The summed E-state index contributed by atoms with van der Waals surface area (Å²) in [6.07, 6.45) is 1.71. The zero-order valence-electron chi connectivity index (χ0n) is 17.7. The lowest BCUT2D eigenvalue weighted by Crippen LogP contribution is -2.11. The van der Waals surface area contributed by atoms with Gasteiger partial charge in [0.2, 0.25) is 5.89 Å². The van der Waals surface area contributed by atoms with Crippen LogP contribution in [0.2, 0.25) is 0 Å². The Labute approximate surface area is 202 Å². The largest absolute Gasteiger partial charge is 0.436 e. The van der Waals surface area contributed by atoms with Gasteiger partial charge in [-0.05, 0) is 53.2 Å². The van der Waals surface area contributed by atoms with Crippen LogP contribution in [0.5, 0.6) is 0 Å². The maximum atomic E-state index is 12.5. The minimum absolute atomic E-state index is 0.171. The van der Waals surface area contributed by atoms with E-state index in [1.807, 2.05) is 60.7 Å². The average molecular weight is 509 g/mol. The molecule has 4 aromatic carbocycles. The summed E-state index contributed by atoms with van der Waals surface area (Å²) < 4.78 is 6.94. The summed E-state index contributed by atoms with van der Waals surface area (Å²) in [5.41, 5.74) is 5.27. The Morgan fingerprint density at radius 3 is 2.50 bits per heavy atom. The number of aromatic amines is 1. The molecule has 34 heavy (non-hydrogen) atoms. The second-order valence-electron chi connectivity index (χ2n) is 7.89. The molecule has 0 saturated heterocycles. The number of anilines is 1. The van der Waals surface area contributed by atoms with E-state index in [1.54, 1.807) is 18.3 Å². The number of rotatable bonds is 4. The van der Waals surface area contributed by atoms with Crippen LogP contribution in [0.1, 0.15) is 10.4 Å². The third-order valence-corrected chi connectivity index (χ3v) is 6.14. The standard InChI is InChI=1S/C27H17BrN4O2/c28-20-7-3-6-19(12-20)26(33)30-21-10-8-16(9-11-21)25-22(15-29-32-25)27-31-23-13-17-4-1-2-5-18(17)14-24(23)34-27/h1-15H,(H,29,32)(H,30,33). The van der Waals surface area contributed by atoms with Crippen LogP contribution in [-0.2, 0) is 0 Å². The molecule has 0 bridgehead atoms. The molecule has 0 spiro atoms. The van der Waals surface area contributed by atoms with Gasteiger partial charge in [-0.25, -0.2) is 4.98 Å². The first-order valence-electron chi connectivity index (χ1n) is 10.6. The van der Waals surface area contributed by atoms with Gasteiger partial charge in [-0.3, -0.25) is 9.89 Å². The summed E-state index contributed by atoms with van der Waals surface area (Å²) in [4.78, 5) is 17.2. The molecular formula is C27H17BrN4O2. The van der Waals surface area contributed by atoms with E-state index in [-0.39, 0.29) is 5.91 Å². The lowest BCUT2D eigenvalue weighted by molar-refractivity contribution is 0.102. The molecule has 0 fully saturated rings. The van der Waals surface area contributed by atoms with Gasteiger partial charge in [0.1, 0.15) is 5.52 Å². The lowest BCUT2D eigenvalue weighted by Gasteiger charge is -2.07. The molecule has 2 N–H and O–H groups in total. The molecule has 7 heteroatoms. The Balaban J connectivity index is 1.29. The predicted molar refractivity (Wildman–Crippen MR) is 137 cm³/mol. The molecule has 164 valence electrons. The topological polar surface area (TPSA) is 83.8 Å². The van der Waals surface area contributed by atoms with Crippen LogP contribution in [-0.4, -0.2) is 21.1 Å². The van der Waals surface area contributed by atoms with Crippen LogP contribution in [0.4, 0.5) is 5.69 Å². The quantitative estimate of drug-likeness (QED) is 0.267. The number of hydrogen-bond acceptors (Lipinski definition) is 4. The van der Waals surface area contributed by atoms with Crippen molar-refractivity contribution in [2.45, 2.75) is 0 Å². The van der Waals surface area contributed by atoms with Gasteiger partial charge in [-0.15, -0.1) is 0 Å². The highest BCUT2D eigenvalue weighted by Gasteiger charge is 2.17. The van der Waals surface area contributed by atoms with Crippen LogP contribution in [0.25, 0.3) is 44.6 Å². The van der Waals surface area contributed by atoms with E-state index in [2.05, 4.69) is 43.6 Å². The maximum Gasteiger partial charge on any atom is 0.255 e. The normalized spacial score (nSPS) is 11.2. The zero-order valence-corrected chi connectivity index (χ0v) is 19.3. The third-order valence-electron chi connectivity index (χ3n) is 5.64. The van der Waals surface area contributed by atoms with Crippen molar-refractivity contribution in [3.05, 3.63) is 101 Å². The number of halogens is 1. The van der Waals surface area contributed by atoms with Crippen LogP contribution in [0.15, 0.2) is 100 Å². The number of benzene rings is 4. The first-order valence-corrected chi connectivity index (χ1v) is 11.4.